The molecule has 0 fully saturated rings. The molecule has 154 valence electrons. The first-order valence-electron chi connectivity index (χ1n) is 10.4. The van der Waals surface area contributed by atoms with Gasteiger partial charge in [-0.1, -0.05) is 67.4 Å². The van der Waals surface area contributed by atoms with Crippen molar-refractivity contribution in [3.63, 3.8) is 0 Å². The summed E-state index contributed by atoms with van der Waals surface area (Å²) in [5.74, 6) is 0.912. The number of nitrogens with one attached hydrogen (secondary N) is 1. The van der Waals surface area contributed by atoms with Crippen LogP contribution in [-0.4, -0.2) is 19.8 Å². The number of unbranched alkanes of at least 4 members (excludes halogenated alkanes) is 1. The fourth-order valence-electron chi connectivity index (χ4n) is 3.28. The van der Waals surface area contributed by atoms with Gasteiger partial charge in [0.2, 0.25) is 0 Å². The van der Waals surface area contributed by atoms with Crippen molar-refractivity contribution in [3.8, 4) is 5.75 Å². The minimum atomic E-state index is 0.497. The van der Waals surface area contributed by atoms with Crippen molar-refractivity contribution in [2.24, 2.45) is 0 Å². The van der Waals surface area contributed by atoms with Crippen LogP contribution in [0.1, 0.15) is 37.3 Å². The summed E-state index contributed by atoms with van der Waals surface area (Å²) in [6, 6.07) is 20.4. The van der Waals surface area contributed by atoms with Crippen molar-refractivity contribution < 1.29 is 9.47 Å². The number of hydrogen-bond donors (Lipinski definition) is 1. The summed E-state index contributed by atoms with van der Waals surface area (Å²) in [5, 5.41) is 6.73. The molecule has 3 aromatic rings. The van der Waals surface area contributed by atoms with E-state index in [-0.39, 0.29) is 0 Å². The Morgan fingerprint density at radius 3 is 2.66 bits per heavy atom. The maximum Gasteiger partial charge on any atom is 0.124 e. The second-order valence-electron chi connectivity index (χ2n) is 7.18. The van der Waals surface area contributed by atoms with Gasteiger partial charge >= 0.3 is 0 Å². The molecule has 29 heavy (non-hydrogen) atoms. The number of halogens is 1. The molecule has 0 aliphatic carbocycles. The van der Waals surface area contributed by atoms with Gasteiger partial charge in [0.15, 0.2) is 0 Å². The molecule has 0 spiro atoms. The maximum absolute atomic E-state index is 6.19. The van der Waals surface area contributed by atoms with Crippen LogP contribution in [0.25, 0.3) is 10.8 Å². The van der Waals surface area contributed by atoms with Gasteiger partial charge < -0.3 is 14.8 Å². The minimum Gasteiger partial charge on any atom is -0.489 e. The standard InChI is InChI=1S/C25H30ClNO2/c1-2-3-15-28-16-7-14-27-18-24-23-11-5-4-9-21(23)12-13-25(24)29-19-20-8-6-10-22(26)17-20/h4-6,8-13,17,27H,2-3,7,14-16,18-19H2,1H3. The van der Waals surface area contributed by atoms with Crippen LogP contribution in [0.3, 0.4) is 0 Å². The first-order valence-corrected chi connectivity index (χ1v) is 10.8. The minimum absolute atomic E-state index is 0.497. The Labute approximate surface area is 179 Å². The van der Waals surface area contributed by atoms with Crippen molar-refractivity contribution in [2.45, 2.75) is 39.3 Å². The van der Waals surface area contributed by atoms with E-state index in [1.807, 2.05) is 24.3 Å². The first kappa shape index (κ1) is 21.6. The van der Waals surface area contributed by atoms with Crippen molar-refractivity contribution in [1.82, 2.24) is 5.32 Å². The molecule has 3 aromatic carbocycles. The van der Waals surface area contributed by atoms with Gasteiger partial charge in [-0.3, -0.25) is 0 Å². The van der Waals surface area contributed by atoms with Crippen LogP contribution in [0, 0.1) is 0 Å². The molecule has 0 aromatic heterocycles. The zero-order chi connectivity index (χ0) is 20.3. The molecule has 4 heteroatoms. The van der Waals surface area contributed by atoms with Crippen LogP contribution < -0.4 is 10.1 Å². The molecule has 0 bridgehead atoms. The van der Waals surface area contributed by atoms with Crippen LogP contribution in [0.15, 0.2) is 60.7 Å². The van der Waals surface area contributed by atoms with Crippen molar-refractivity contribution in [3.05, 3.63) is 76.8 Å². The number of fused-ring (bicyclic) bond motifs is 1. The Morgan fingerprint density at radius 1 is 0.931 bits per heavy atom. The molecule has 3 nitrogen and oxygen atoms in total. The van der Waals surface area contributed by atoms with E-state index in [0.29, 0.717) is 6.61 Å². The second-order valence-corrected chi connectivity index (χ2v) is 7.61. The van der Waals surface area contributed by atoms with E-state index < -0.39 is 0 Å². The van der Waals surface area contributed by atoms with Crippen LogP contribution in [-0.2, 0) is 17.9 Å². The van der Waals surface area contributed by atoms with Gasteiger partial charge in [-0.05, 0) is 53.9 Å². The lowest BCUT2D eigenvalue weighted by atomic mass is 10.0. The fourth-order valence-corrected chi connectivity index (χ4v) is 3.50. The predicted octanol–water partition coefficient (Wildman–Crippen LogP) is 6.37. The van der Waals surface area contributed by atoms with Gasteiger partial charge in [-0.25, -0.2) is 0 Å². The average molecular weight is 412 g/mol. The Hall–Kier alpha value is -2.07. The number of ether oxygens (including phenoxy) is 2. The number of hydrogen-bond acceptors (Lipinski definition) is 3. The highest BCUT2D eigenvalue weighted by Crippen LogP contribution is 2.29. The van der Waals surface area contributed by atoms with Crippen molar-refractivity contribution in [1.29, 1.82) is 0 Å². The highest BCUT2D eigenvalue weighted by molar-refractivity contribution is 6.30. The highest BCUT2D eigenvalue weighted by Gasteiger charge is 2.09. The van der Waals surface area contributed by atoms with E-state index in [2.05, 4.69) is 48.6 Å². The summed E-state index contributed by atoms with van der Waals surface area (Å²) >= 11 is 6.10. The second kappa shape index (κ2) is 11.8. The topological polar surface area (TPSA) is 30.5 Å². The normalized spacial score (nSPS) is 11.1. The molecule has 0 aliphatic rings. The molecule has 0 aliphatic heterocycles. The number of rotatable bonds is 12. The Balaban J connectivity index is 1.63. The van der Waals surface area contributed by atoms with Gasteiger partial charge in [-0.15, -0.1) is 0 Å². The van der Waals surface area contributed by atoms with Gasteiger partial charge in [-0.2, -0.15) is 0 Å². The molecule has 0 atom stereocenters. The molecule has 0 saturated carbocycles. The van der Waals surface area contributed by atoms with E-state index in [1.54, 1.807) is 0 Å². The molecule has 0 amide bonds. The summed E-state index contributed by atoms with van der Waals surface area (Å²) in [6.07, 6.45) is 3.32. The molecule has 3 rings (SSSR count). The van der Waals surface area contributed by atoms with E-state index in [0.717, 1.165) is 55.5 Å². The van der Waals surface area contributed by atoms with E-state index in [4.69, 9.17) is 21.1 Å². The predicted molar refractivity (Wildman–Crippen MR) is 122 cm³/mol. The van der Waals surface area contributed by atoms with E-state index >= 15 is 0 Å². The summed E-state index contributed by atoms with van der Waals surface area (Å²) in [7, 11) is 0. The third-order valence-electron chi connectivity index (χ3n) is 4.87. The van der Waals surface area contributed by atoms with Gasteiger partial charge in [0.1, 0.15) is 12.4 Å². The van der Waals surface area contributed by atoms with E-state index in [9.17, 15) is 0 Å². The third-order valence-corrected chi connectivity index (χ3v) is 5.10. The van der Waals surface area contributed by atoms with Crippen LogP contribution in [0.4, 0.5) is 0 Å². The van der Waals surface area contributed by atoms with Crippen molar-refractivity contribution >= 4 is 22.4 Å². The van der Waals surface area contributed by atoms with Crippen LogP contribution in [0.2, 0.25) is 5.02 Å². The Morgan fingerprint density at radius 2 is 1.79 bits per heavy atom. The largest absolute Gasteiger partial charge is 0.489 e. The van der Waals surface area contributed by atoms with Gasteiger partial charge in [0, 0.05) is 30.3 Å². The van der Waals surface area contributed by atoms with Gasteiger partial charge in [0.25, 0.3) is 0 Å². The van der Waals surface area contributed by atoms with Crippen LogP contribution >= 0.6 is 11.6 Å². The summed E-state index contributed by atoms with van der Waals surface area (Å²) in [6.45, 7) is 6.03. The molecule has 0 heterocycles. The lowest BCUT2D eigenvalue weighted by Gasteiger charge is -2.15. The Bertz CT molecular complexity index is 897. The molecule has 0 unspecified atom stereocenters. The van der Waals surface area contributed by atoms with Gasteiger partial charge in [0.05, 0.1) is 0 Å². The Kier molecular flexibility index (Phi) is 8.82. The summed E-state index contributed by atoms with van der Waals surface area (Å²) < 4.78 is 11.8. The first-order chi connectivity index (χ1) is 14.3. The molecule has 0 saturated heterocycles. The molecular weight excluding hydrogens is 382 g/mol. The molecular formula is C25H30ClNO2. The zero-order valence-electron chi connectivity index (χ0n) is 17.1. The maximum atomic E-state index is 6.19. The van der Waals surface area contributed by atoms with E-state index in [1.165, 1.54) is 22.8 Å². The monoisotopic (exact) mass is 411 g/mol. The lowest BCUT2D eigenvalue weighted by Crippen LogP contribution is -2.17. The smallest absolute Gasteiger partial charge is 0.124 e. The SMILES string of the molecule is CCCCOCCCNCc1c(OCc2cccc(Cl)c2)ccc2ccccc12. The lowest BCUT2D eigenvalue weighted by molar-refractivity contribution is 0.128. The quantitative estimate of drug-likeness (QED) is 0.351. The fraction of sp³-hybridized carbons (Fsp3) is 0.360. The average Bonchev–Trinajstić information content (AvgIpc) is 2.74. The van der Waals surface area contributed by atoms with Crippen molar-refractivity contribution in [2.75, 3.05) is 19.8 Å². The number of benzene rings is 3. The highest BCUT2D eigenvalue weighted by atomic mass is 35.5. The summed E-state index contributed by atoms with van der Waals surface area (Å²) in [5.41, 5.74) is 2.26. The molecule has 0 radical (unpaired) electrons. The third kappa shape index (κ3) is 6.74. The van der Waals surface area contributed by atoms with Crippen LogP contribution in [0.5, 0.6) is 5.75 Å². The summed E-state index contributed by atoms with van der Waals surface area (Å²) in [4.78, 5) is 0. The zero-order valence-corrected chi connectivity index (χ0v) is 17.9. The molecule has 1 N–H and O–H groups in total.